The summed E-state index contributed by atoms with van der Waals surface area (Å²) in [6, 6.07) is 0. The van der Waals surface area contributed by atoms with Crippen LogP contribution in [0.3, 0.4) is 0 Å². The number of rotatable bonds is 3. The number of carbonyl (C=O) groups excluding carboxylic acids is 1. The Morgan fingerprint density at radius 1 is 1.50 bits per heavy atom. The van der Waals surface area contributed by atoms with Crippen LogP contribution >= 0.6 is 0 Å². The van der Waals surface area contributed by atoms with E-state index in [-0.39, 0.29) is 12.2 Å². The molecule has 1 N–H and O–H groups in total. The zero-order valence-electron chi connectivity index (χ0n) is 8.97. The molecule has 0 atom stereocenters. The second-order valence-corrected chi connectivity index (χ2v) is 4.10. The fourth-order valence-electron chi connectivity index (χ4n) is 1.71. The van der Waals surface area contributed by atoms with E-state index >= 15 is 0 Å². The minimum absolute atomic E-state index is 0.141. The Balaban J connectivity index is 2.62. The first-order valence-electron chi connectivity index (χ1n) is 5.01. The van der Waals surface area contributed by atoms with E-state index in [0.717, 1.165) is 26.2 Å². The van der Waals surface area contributed by atoms with E-state index in [1.807, 2.05) is 13.8 Å². The zero-order chi connectivity index (χ0) is 10.6. The van der Waals surface area contributed by atoms with E-state index in [0.29, 0.717) is 0 Å². The summed E-state index contributed by atoms with van der Waals surface area (Å²) in [6.07, 6.45) is 5.39. The third kappa shape index (κ3) is 2.34. The molecule has 0 aromatic carbocycles. The lowest BCUT2D eigenvalue weighted by Gasteiger charge is -2.39. The van der Waals surface area contributed by atoms with E-state index in [4.69, 9.17) is 6.42 Å². The topological polar surface area (TPSA) is 32.3 Å². The van der Waals surface area contributed by atoms with Crippen LogP contribution in [0, 0.1) is 12.3 Å². The average Bonchev–Trinajstić information content (AvgIpc) is 2.19. The molecule has 0 saturated carbocycles. The van der Waals surface area contributed by atoms with Crippen LogP contribution in [0.15, 0.2) is 0 Å². The smallest absolute Gasteiger partial charge is 0.164 e. The van der Waals surface area contributed by atoms with Gasteiger partial charge in [0.15, 0.2) is 5.78 Å². The maximum absolute atomic E-state index is 11.8. The fraction of sp³-hybridized carbons (Fsp3) is 0.727. The molecule has 3 nitrogen and oxygen atoms in total. The molecule has 1 aliphatic rings. The van der Waals surface area contributed by atoms with Gasteiger partial charge in [-0.25, -0.2) is 0 Å². The van der Waals surface area contributed by atoms with Crippen molar-refractivity contribution >= 4 is 5.78 Å². The first kappa shape index (κ1) is 11.2. The van der Waals surface area contributed by atoms with Crippen molar-refractivity contribution in [1.29, 1.82) is 0 Å². The van der Waals surface area contributed by atoms with Crippen molar-refractivity contribution in [3.63, 3.8) is 0 Å². The summed E-state index contributed by atoms with van der Waals surface area (Å²) < 4.78 is 0. The summed E-state index contributed by atoms with van der Waals surface area (Å²) in [5, 5.41) is 3.26. The number of ketones is 1. The van der Waals surface area contributed by atoms with Gasteiger partial charge in [-0.3, -0.25) is 9.69 Å². The largest absolute Gasteiger partial charge is 0.314 e. The molecular formula is C11H18N2O. The lowest BCUT2D eigenvalue weighted by molar-refractivity contribution is -0.128. The van der Waals surface area contributed by atoms with Crippen molar-refractivity contribution in [2.75, 3.05) is 26.2 Å². The summed E-state index contributed by atoms with van der Waals surface area (Å²) in [4.78, 5) is 14.0. The number of nitrogens with zero attached hydrogens (tertiary/aromatic N) is 1. The standard InChI is InChI=1S/C11H18N2O/c1-4-5-10(14)11(2,3)13-8-6-12-7-9-13/h1,12H,5-9H2,2-3H3. The summed E-state index contributed by atoms with van der Waals surface area (Å²) >= 11 is 0. The third-order valence-electron chi connectivity index (χ3n) is 2.85. The number of Topliss-reactive ketones (excluding diaryl/α,β-unsaturated/α-hetero) is 1. The van der Waals surface area contributed by atoms with E-state index in [1.54, 1.807) is 0 Å². The zero-order valence-corrected chi connectivity index (χ0v) is 8.97. The minimum Gasteiger partial charge on any atom is -0.314 e. The summed E-state index contributed by atoms with van der Waals surface area (Å²) in [5.74, 6) is 2.56. The summed E-state index contributed by atoms with van der Waals surface area (Å²) in [7, 11) is 0. The highest BCUT2D eigenvalue weighted by Gasteiger charge is 2.33. The van der Waals surface area contributed by atoms with Crippen LogP contribution in [0.4, 0.5) is 0 Å². The minimum atomic E-state index is -0.408. The summed E-state index contributed by atoms with van der Waals surface area (Å²) in [5.41, 5.74) is -0.408. The Morgan fingerprint density at radius 3 is 2.57 bits per heavy atom. The van der Waals surface area contributed by atoms with Crippen molar-refractivity contribution in [3.05, 3.63) is 0 Å². The molecule has 1 fully saturated rings. The highest BCUT2D eigenvalue weighted by atomic mass is 16.1. The van der Waals surface area contributed by atoms with Gasteiger partial charge in [0.2, 0.25) is 0 Å². The second-order valence-electron chi connectivity index (χ2n) is 4.10. The van der Waals surface area contributed by atoms with Gasteiger partial charge in [0.05, 0.1) is 12.0 Å². The monoisotopic (exact) mass is 194 g/mol. The lowest BCUT2D eigenvalue weighted by atomic mass is 9.94. The number of terminal acetylenes is 1. The maximum atomic E-state index is 11.8. The van der Waals surface area contributed by atoms with Crippen molar-refractivity contribution in [2.24, 2.45) is 0 Å². The number of hydrogen-bond acceptors (Lipinski definition) is 3. The van der Waals surface area contributed by atoms with Gasteiger partial charge < -0.3 is 5.32 Å². The molecule has 78 valence electrons. The second kappa shape index (κ2) is 4.59. The van der Waals surface area contributed by atoms with Crippen molar-refractivity contribution in [2.45, 2.75) is 25.8 Å². The normalized spacial score (nSPS) is 18.9. The molecule has 1 heterocycles. The molecule has 0 spiro atoms. The Bertz CT molecular complexity index is 247. The molecule has 1 aliphatic heterocycles. The van der Waals surface area contributed by atoms with Gasteiger partial charge in [0.1, 0.15) is 0 Å². The van der Waals surface area contributed by atoms with Gasteiger partial charge >= 0.3 is 0 Å². The van der Waals surface area contributed by atoms with Gasteiger partial charge in [-0.2, -0.15) is 0 Å². The first-order valence-corrected chi connectivity index (χ1v) is 5.01. The molecule has 3 heteroatoms. The molecule has 1 rings (SSSR count). The van der Waals surface area contributed by atoms with Gasteiger partial charge in [-0.1, -0.05) is 5.92 Å². The van der Waals surface area contributed by atoms with Crippen molar-refractivity contribution in [3.8, 4) is 12.3 Å². The molecular weight excluding hydrogens is 176 g/mol. The van der Waals surface area contributed by atoms with Crippen LogP contribution in [0.25, 0.3) is 0 Å². The number of hydrogen-bond donors (Lipinski definition) is 1. The van der Waals surface area contributed by atoms with Crippen LogP contribution in [-0.2, 0) is 4.79 Å². The van der Waals surface area contributed by atoms with Crippen LogP contribution in [0.2, 0.25) is 0 Å². The van der Waals surface area contributed by atoms with E-state index < -0.39 is 5.54 Å². The average molecular weight is 194 g/mol. The van der Waals surface area contributed by atoms with Crippen LogP contribution in [0.5, 0.6) is 0 Å². The molecule has 0 aromatic rings. The Hall–Kier alpha value is -0.850. The third-order valence-corrected chi connectivity index (χ3v) is 2.85. The molecule has 0 aliphatic carbocycles. The SMILES string of the molecule is C#CCC(=O)C(C)(C)N1CCNCC1. The maximum Gasteiger partial charge on any atom is 0.164 e. The quantitative estimate of drug-likeness (QED) is 0.654. The number of nitrogens with one attached hydrogen (secondary N) is 1. The van der Waals surface area contributed by atoms with Gasteiger partial charge in [-0.05, 0) is 13.8 Å². The molecule has 0 aromatic heterocycles. The molecule has 0 amide bonds. The lowest BCUT2D eigenvalue weighted by Crippen LogP contribution is -2.56. The molecule has 0 radical (unpaired) electrons. The van der Waals surface area contributed by atoms with E-state index in [9.17, 15) is 4.79 Å². The van der Waals surface area contributed by atoms with Gasteiger partial charge in [-0.15, -0.1) is 6.42 Å². The van der Waals surface area contributed by atoms with Crippen LogP contribution in [-0.4, -0.2) is 42.4 Å². The Labute approximate surface area is 85.9 Å². The Morgan fingerprint density at radius 2 is 2.07 bits per heavy atom. The fourth-order valence-corrected chi connectivity index (χ4v) is 1.71. The van der Waals surface area contributed by atoms with Crippen LogP contribution in [0.1, 0.15) is 20.3 Å². The van der Waals surface area contributed by atoms with Crippen molar-refractivity contribution < 1.29 is 4.79 Å². The van der Waals surface area contributed by atoms with E-state index in [2.05, 4.69) is 16.1 Å². The van der Waals surface area contributed by atoms with E-state index in [1.165, 1.54) is 0 Å². The van der Waals surface area contributed by atoms with Crippen LogP contribution < -0.4 is 5.32 Å². The van der Waals surface area contributed by atoms with Gasteiger partial charge in [0, 0.05) is 26.2 Å². The molecule has 0 unspecified atom stereocenters. The summed E-state index contributed by atoms with van der Waals surface area (Å²) in [6.45, 7) is 7.65. The van der Waals surface area contributed by atoms with Gasteiger partial charge in [0.25, 0.3) is 0 Å². The first-order chi connectivity index (χ1) is 6.59. The Kier molecular flexibility index (Phi) is 3.68. The highest BCUT2D eigenvalue weighted by Crippen LogP contribution is 2.17. The molecule has 0 bridgehead atoms. The number of carbonyl (C=O) groups is 1. The predicted molar refractivity (Wildman–Crippen MR) is 57.0 cm³/mol. The highest BCUT2D eigenvalue weighted by molar-refractivity contribution is 5.89. The molecule has 14 heavy (non-hydrogen) atoms. The predicted octanol–water partition coefficient (Wildman–Crippen LogP) is 0.263. The number of piperazine rings is 1. The molecule has 1 saturated heterocycles. The van der Waals surface area contributed by atoms with Crippen molar-refractivity contribution in [1.82, 2.24) is 10.2 Å².